The van der Waals surface area contributed by atoms with E-state index in [1.807, 2.05) is 48.7 Å². The zero-order valence-electron chi connectivity index (χ0n) is 17.9. The maximum absolute atomic E-state index is 11.3. The first-order chi connectivity index (χ1) is 16.0. The topological polar surface area (TPSA) is 70.4 Å². The second-order valence-electron chi connectivity index (χ2n) is 7.99. The van der Waals surface area contributed by atoms with Gasteiger partial charge in [0.15, 0.2) is 5.11 Å². The number of carboxylic acids is 1. The van der Waals surface area contributed by atoms with Crippen LogP contribution >= 0.6 is 12.2 Å². The van der Waals surface area contributed by atoms with Gasteiger partial charge in [-0.25, -0.2) is 4.79 Å². The van der Waals surface area contributed by atoms with E-state index < -0.39 is 5.97 Å². The summed E-state index contributed by atoms with van der Waals surface area (Å²) in [5.41, 5.74) is 5.20. The summed E-state index contributed by atoms with van der Waals surface area (Å²) in [5, 5.41) is 13.4. The first-order valence-electron chi connectivity index (χ1n) is 10.6. The predicted molar refractivity (Wildman–Crippen MR) is 132 cm³/mol. The summed E-state index contributed by atoms with van der Waals surface area (Å²) in [5.74, 6) is -0.944. The molecule has 164 valence electrons. The van der Waals surface area contributed by atoms with Crippen LogP contribution in [0.3, 0.4) is 0 Å². The lowest BCUT2D eigenvalue weighted by atomic mass is 10.0. The van der Waals surface area contributed by atoms with Crippen molar-refractivity contribution in [1.29, 1.82) is 0 Å². The number of aryl methyl sites for hydroxylation is 1. The van der Waals surface area contributed by atoms with Gasteiger partial charge < -0.3 is 19.9 Å². The molecule has 1 aliphatic rings. The Hall–Kier alpha value is -3.97. The molecule has 0 aliphatic carbocycles. The van der Waals surface area contributed by atoms with Crippen LogP contribution in [0.2, 0.25) is 0 Å². The lowest BCUT2D eigenvalue weighted by Gasteiger charge is -2.29. The molecule has 0 spiro atoms. The highest BCUT2D eigenvalue weighted by Crippen LogP contribution is 2.42. The zero-order valence-corrected chi connectivity index (χ0v) is 18.7. The Bertz CT molecular complexity index is 1320. The third-order valence-corrected chi connectivity index (χ3v) is 6.17. The Morgan fingerprint density at radius 3 is 2.52 bits per heavy atom. The summed E-state index contributed by atoms with van der Waals surface area (Å²) in [7, 11) is 0. The van der Waals surface area contributed by atoms with Crippen molar-refractivity contribution < 1.29 is 9.90 Å². The number of carbonyl (C=O) groups is 1. The van der Waals surface area contributed by atoms with E-state index >= 15 is 0 Å². The molecule has 0 bridgehead atoms. The molecule has 2 aromatic heterocycles. The number of aromatic nitrogens is 2. The highest BCUT2D eigenvalue weighted by molar-refractivity contribution is 7.80. The van der Waals surface area contributed by atoms with Gasteiger partial charge in [0, 0.05) is 29.5 Å². The van der Waals surface area contributed by atoms with Gasteiger partial charge in [-0.3, -0.25) is 4.98 Å². The van der Waals surface area contributed by atoms with Crippen LogP contribution in [0, 0.1) is 6.92 Å². The highest BCUT2D eigenvalue weighted by atomic mass is 32.1. The molecule has 0 unspecified atom stereocenters. The molecule has 4 aromatic rings. The number of benzene rings is 2. The number of nitrogens with one attached hydrogen (secondary N) is 1. The van der Waals surface area contributed by atoms with E-state index in [2.05, 4.69) is 51.0 Å². The number of hydrogen-bond donors (Lipinski definition) is 2. The number of hydrogen-bond acceptors (Lipinski definition) is 3. The number of rotatable bonds is 5. The number of anilines is 1. The van der Waals surface area contributed by atoms with E-state index in [0.29, 0.717) is 5.11 Å². The molecule has 2 aromatic carbocycles. The minimum atomic E-state index is -0.944. The molecule has 2 N–H and O–H groups in total. The second-order valence-corrected chi connectivity index (χ2v) is 8.38. The molecular formula is C26H22N4O2S. The Morgan fingerprint density at radius 1 is 1.00 bits per heavy atom. The van der Waals surface area contributed by atoms with Gasteiger partial charge in [-0.15, -0.1) is 0 Å². The molecule has 0 radical (unpaired) electrons. The molecule has 33 heavy (non-hydrogen) atoms. The summed E-state index contributed by atoms with van der Waals surface area (Å²) >= 11 is 5.81. The molecule has 1 aliphatic heterocycles. The van der Waals surface area contributed by atoms with Gasteiger partial charge in [-0.2, -0.15) is 0 Å². The fourth-order valence-electron chi connectivity index (χ4n) is 4.35. The molecule has 2 atom stereocenters. The number of thiocarbonyl (C=S) groups is 1. The van der Waals surface area contributed by atoms with Gasteiger partial charge in [-0.05, 0) is 85.4 Å². The summed E-state index contributed by atoms with van der Waals surface area (Å²) in [6, 6.07) is 24.8. The van der Waals surface area contributed by atoms with Crippen LogP contribution in [0.5, 0.6) is 0 Å². The average molecular weight is 455 g/mol. The van der Waals surface area contributed by atoms with E-state index in [0.717, 1.165) is 28.3 Å². The van der Waals surface area contributed by atoms with Gasteiger partial charge in [0.05, 0.1) is 17.3 Å². The molecule has 0 amide bonds. The molecule has 0 saturated carbocycles. The second kappa shape index (κ2) is 8.52. The molecule has 7 heteroatoms. The van der Waals surface area contributed by atoms with E-state index in [9.17, 15) is 9.90 Å². The number of aromatic carboxylic acids is 1. The quantitative estimate of drug-likeness (QED) is 0.411. The third kappa shape index (κ3) is 3.87. The number of pyridine rings is 1. The zero-order chi connectivity index (χ0) is 22.9. The van der Waals surface area contributed by atoms with Gasteiger partial charge in [0.2, 0.25) is 0 Å². The average Bonchev–Trinajstić information content (AvgIpc) is 3.44. The van der Waals surface area contributed by atoms with Gasteiger partial charge >= 0.3 is 5.97 Å². The van der Waals surface area contributed by atoms with Crippen LogP contribution in [0.15, 0.2) is 91.3 Å². The van der Waals surface area contributed by atoms with E-state index in [1.54, 1.807) is 18.3 Å². The lowest BCUT2D eigenvalue weighted by molar-refractivity contribution is 0.0697. The third-order valence-electron chi connectivity index (χ3n) is 5.85. The van der Waals surface area contributed by atoms with Crippen LogP contribution < -0.4 is 10.2 Å². The van der Waals surface area contributed by atoms with Crippen molar-refractivity contribution in [2.45, 2.75) is 19.0 Å². The van der Waals surface area contributed by atoms with Crippen LogP contribution in [-0.4, -0.2) is 25.7 Å². The lowest BCUT2D eigenvalue weighted by Crippen LogP contribution is -2.30. The molecule has 1 fully saturated rings. The summed E-state index contributed by atoms with van der Waals surface area (Å²) in [6.07, 6.45) is 3.77. The maximum atomic E-state index is 11.3. The summed E-state index contributed by atoms with van der Waals surface area (Å²) < 4.78 is 2.07. The molecule has 6 nitrogen and oxygen atoms in total. The van der Waals surface area contributed by atoms with E-state index in [4.69, 9.17) is 12.2 Å². The van der Waals surface area contributed by atoms with Crippen LogP contribution in [-0.2, 0) is 0 Å². The maximum Gasteiger partial charge on any atom is 0.335 e. The van der Waals surface area contributed by atoms with E-state index in [-0.39, 0.29) is 17.6 Å². The fraction of sp³-hybridized carbons (Fsp3) is 0.115. The van der Waals surface area contributed by atoms with Crippen molar-refractivity contribution in [3.8, 4) is 5.69 Å². The Kier molecular flexibility index (Phi) is 5.40. The molecular weight excluding hydrogens is 432 g/mol. The summed E-state index contributed by atoms with van der Waals surface area (Å²) in [4.78, 5) is 18.0. The van der Waals surface area contributed by atoms with Crippen molar-refractivity contribution in [2.24, 2.45) is 0 Å². The normalized spacial score (nSPS) is 17.7. The monoisotopic (exact) mass is 454 g/mol. The smallest absolute Gasteiger partial charge is 0.335 e. The van der Waals surface area contributed by atoms with Gasteiger partial charge in [-0.1, -0.05) is 18.2 Å². The fourth-order valence-corrected chi connectivity index (χ4v) is 4.69. The van der Waals surface area contributed by atoms with Crippen LogP contribution in [0.4, 0.5) is 5.69 Å². The first kappa shape index (κ1) is 20.9. The summed E-state index contributed by atoms with van der Waals surface area (Å²) in [6.45, 7) is 2.06. The van der Waals surface area contributed by atoms with Crippen molar-refractivity contribution in [3.63, 3.8) is 0 Å². The standard InChI is InChI=1S/C26H22N4O2S/c1-17-6-4-7-20(16-17)30-24(23(28-26(30)33)21-8-2-3-14-27-21)22-9-5-15-29(22)19-12-10-18(11-13-19)25(31)32/h2-16,23-24H,1H3,(H,28,33)(H,31,32)/t23-,24-/m1/s1. The highest BCUT2D eigenvalue weighted by Gasteiger charge is 2.42. The van der Waals surface area contributed by atoms with Crippen molar-refractivity contribution in [1.82, 2.24) is 14.9 Å². The number of nitrogens with zero attached hydrogens (tertiary/aromatic N) is 3. The van der Waals surface area contributed by atoms with Crippen molar-refractivity contribution >= 4 is 29.0 Å². The molecule has 1 saturated heterocycles. The molecule has 5 rings (SSSR count). The SMILES string of the molecule is Cc1cccc(N2C(=S)N[C@H](c3ccccn3)[C@H]2c2cccn2-c2ccc(C(=O)O)cc2)c1. The Morgan fingerprint density at radius 2 is 1.82 bits per heavy atom. The minimum Gasteiger partial charge on any atom is -0.478 e. The Balaban J connectivity index is 1.64. The minimum absolute atomic E-state index is 0.161. The van der Waals surface area contributed by atoms with E-state index in [1.165, 1.54) is 0 Å². The van der Waals surface area contributed by atoms with Crippen LogP contribution in [0.25, 0.3) is 5.69 Å². The first-order valence-corrected chi connectivity index (χ1v) is 11.0. The Labute approximate surface area is 197 Å². The van der Waals surface area contributed by atoms with Crippen molar-refractivity contribution in [2.75, 3.05) is 4.90 Å². The largest absolute Gasteiger partial charge is 0.478 e. The van der Waals surface area contributed by atoms with Gasteiger partial charge in [0.1, 0.15) is 6.04 Å². The predicted octanol–water partition coefficient (Wildman–Crippen LogP) is 5.06. The number of carboxylic acid groups (broad SMARTS) is 1. The van der Waals surface area contributed by atoms with Gasteiger partial charge in [0.25, 0.3) is 0 Å². The van der Waals surface area contributed by atoms with Crippen LogP contribution in [0.1, 0.15) is 39.4 Å². The molecule has 3 heterocycles. The van der Waals surface area contributed by atoms with Crippen molar-refractivity contribution in [3.05, 3.63) is 114 Å².